The molecule has 4 aromatic rings. The van der Waals surface area contributed by atoms with Gasteiger partial charge in [-0.1, -0.05) is 25.3 Å². The van der Waals surface area contributed by atoms with Crippen molar-refractivity contribution in [3.05, 3.63) is 42.9 Å². The molecule has 3 aromatic heterocycles. The van der Waals surface area contributed by atoms with Gasteiger partial charge in [0.25, 0.3) is 0 Å². The quantitative estimate of drug-likeness (QED) is 0.480. The van der Waals surface area contributed by atoms with Crippen molar-refractivity contribution >= 4 is 39.5 Å². The molecule has 0 atom stereocenters. The van der Waals surface area contributed by atoms with Crippen molar-refractivity contribution in [3.8, 4) is 0 Å². The monoisotopic (exact) mass is 399 g/mol. The number of fused-ring (bicyclic) bond motifs is 2. The van der Waals surface area contributed by atoms with Crippen molar-refractivity contribution in [1.29, 1.82) is 0 Å². The minimum atomic E-state index is 0.479. The van der Waals surface area contributed by atoms with E-state index in [2.05, 4.69) is 32.3 Å². The normalized spacial score (nSPS) is 17.5. The van der Waals surface area contributed by atoms with E-state index < -0.39 is 0 Å². The molecule has 1 aromatic carbocycles. The molecule has 0 aliphatic heterocycles. The Labute approximate surface area is 175 Å². The Morgan fingerprint density at radius 3 is 2.70 bits per heavy atom. The van der Waals surface area contributed by atoms with Crippen LogP contribution in [0.15, 0.2) is 42.9 Å². The predicted molar refractivity (Wildman–Crippen MR) is 119 cm³/mol. The van der Waals surface area contributed by atoms with Crippen LogP contribution in [-0.4, -0.2) is 30.5 Å². The largest absolute Gasteiger partial charge is 0.365 e. The van der Waals surface area contributed by atoms with Crippen molar-refractivity contribution in [3.63, 3.8) is 0 Å². The minimum absolute atomic E-state index is 0.479. The van der Waals surface area contributed by atoms with E-state index in [9.17, 15) is 0 Å². The van der Waals surface area contributed by atoms with E-state index in [-0.39, 0.29) is 0 Å². The summed E-state index contributed by atoms with van der Waals surface area (Å²) in [5.74, 6) is 1.44. The Morgan fingerprint density at radius 2 is 1.83 bits per heavy atom. The molecule has 0 saturated heterocycles. The molecule has 6 rings (SSSR count). The lowest BCUT2D eigenvalue weighted by atomic mass is 9.95. The van der Waals surface area contributed by atoms with Gasteiger partial charge in [-0.25, -0.2) is 4.98 Å². The van der Waals surface area contributed by atoms with Crippen LogP contribution in [0.5, 0.6) is 0 Å². The fraction of sp³-hybridized carbons (Fsp3) is 0.391. The van der Waals surface area contributed by atoms with Gasteiger partial charge >= 0.3 is 0 Å². The topological polar surface area (TPSA) is 80.5 Å². The summed E-state index contributed by atoms with van der Waals surface area (Å²) in [7, 11) is 0. The fourth-order valence-electron chi connectivity index (χ4n) is 4.40. The van der Waals surface area contributed by atoms with Gasteiger partial charge in [-0.05, 0) is 49.9 Å². The van der Waals surface area contributed by atoms with E-state index in [4.69, 9.17) is 15.0 Å². The summed E-state index contributed by atoms with van der Waals surface area (Å²) in [5.41, 5.74) is 3.73. The van der Waals surface area contributed by atoms with Gasteiger partial charge in [-0.15, -0.1) is 0 Å². The third-order valence-electron chi connectivity index (χ3n) is 6.17. The van der Waals surface area contributed by atoms with Crippen LogP contribution in [0.3, 0.4) is 0 Å². The highest BCUT2D eigenvalue weighted by atomic mass is 15.2. The number of anilines is 3. The molecule has 30 heavy (non-hydrogen) atoms. The Balaban J connectivity index is 1.40. The number of hydrogen-bond donors (Lipinski definition) is 2. The Kier molecular flexibility index (Phi) is 4.25. The maximum absolute atomic E-state index is 4.90. The van der Waals surface area contributed by atoms with Crippen LogP contribution in [0.25, 0.3) is 22.1 Å². The van der Waals surface area contributed by atoms with E-state index in [0.29, 0.717) is 18.0 Å². The van der Waals surface area contributed by atoms with Crippen molar-refractivity contribution < 1.29 is 0 Å². The van der Waals surface area contributed by atoms with Crippen molar-refractivity contribution in [2.75, 3.05) is 10.6 Å². The molecule has 0 spiro atoms. The SMILES string of the molecule is c1cnc2ccc(Nc3nc(NC4CC4)c4ncn(C5CCCCC5)c4n3)cc2c1. The molecule has 2 N–H and O–H groups in total. The lowest BCUT2D eigenvalue weighted by molar-refractivity contribution is 0.358. The molecule has 2 fully saturated rings. The van der Waals surface area contributed by atoms with Crippen LogP contribution in [0.2, 0.25) is 0 Å². The van der Waals surface area contributed by atoms with Gasteiger partial charge in [0.05, 0.1) is 11.8 Å². The summed E-state index contributed by atoms with van der Waals surface area (Å²) in [6.07, 6.45) is 12.4. The molecule has 0 radical (unpaired) electrons. The maximum Gasteiger partial charge on any atom is 0.231 e. The molecule has 2 aliphatic carbocycles. The van der Waals surface area contributed by atoms with E-state index in [0.717, 1.165) is 33.6 Å². The maximum atomic E-state index is 4.90. The number of pyridine rings is 1. The summed E-state index contributed by atoms with van der Waals surface area (Å²) in [4.78, 5) is 18.8. The summed E-state index contributed by atoms with van der Waals surface area (Å²) in [6.45, 7) is 0. The standard InChI is InChI=1S/C23H25N7/c1-2-6-18(7-3-1)30-14-25-20-21(26-16-8-9-16)28-23(29-22(20)30)27-17-10-11-19-15(13-17)5-4-12-24-19/h4-5,10-14,16,18H,1-3,6-9H2,(H2,26,27,28,29). The second-order valence-corrected chi connectivity index (χ2v) is 8.47. The third kappa shape index (κ3) is 3.34. The van der Waals surface area contributed by atoms with E-state index >= 15 is 0 Å². The van der Waals surface area contributed by atoms with Crippen molar-refractivity contribution in [2.24, 2.45) is 0 Å². The number of rotatable bonds is 5. The Morgan fingerprint density at radius 1 is 0.933 bits per heavy atom. The number of benzene rings is 1. The van der Waals surface area contributed by atoms with Gasteiger partial charge in [0.1, 0.15) is 0 Å². The molecule has 0 unspecified atom stereocenters. The number of hydrogen-bond acceptors (Lipinski definition) is 6. The first kappa shape index (κ1) is 17.6. The van der Waals surface area contributed by atoms with E-state index in [1.807, 2.05) is 30.7 Å². The van der Waals surface area contributed by atoms with Crippen molar-refractivity contribution in [2.45, 2.75) is 57.0 Å². The molecule has 2 aliphatic rings. The van der Waals surface area contributed by atoms with Gasteiger partial charge < -0.3 is 15.2 Å². The molecular formula is C23H25N7. The molecule has 7 heteroatoms. The predicted octanol–water partition coefficient (Wildman–Crippen LogP) is 5.20. The van der Waals surface area contributed by atoms with Crippen LogP contribution in [0.4, 0.5) is 17.5 Å². The molecule has 2 saturated carbocycles. The summed E-state index contributed by atoms with van der Waals surface area (Å²) in [6, 6.07) is 11.1. The molecule has 3 heterocycles. The van der Waals surface area contributed by atoms with Gasteiger partial charge in [-0.2, -0.15) is 9.97 Å². The van der Waals surface area contributed by atoms with Crippen LogP contribution in [0, 0.1) is 0 Å². The van der Waals surface area contributed by atoms with Gasteiger partial charge in [0, 0.05) is 29.4 Å². The zero-order chi connectivity index (χ0) is 19.9. The number of nitrogens with zero attached hydrogens (tertiary/aromatic N) is 5. The van der Waals surface area contributed by atoms with Crippen LogP contribution in [-0.2, 0) is 0 Å². The molecule has 7 nitrogen and oxygen atoms in total. The highest BCUT2D eigenvalue weighted by Crippen LogP contribution is 2.34. The Bertz CT molecular complexity index is 1200. The molecule has 0 amide bonds. The fourth-order valence-corrected chi connectivity index (χ4v) is 4.40. The second-order valence-electron chi connectivity index (χ2n) is 8.47. The zero-order valence-corrected chi connectivity index (χ0v) is 16.9. The molecule has 152 valence electrons. The number of nitrogens with one attached hydrogen (secondary N) is 2. The van der Waals surface area contributed by atoms with Gasteiger partial charge in [0.15, 0.2) is 17.0 Å². The lowest BCUT2D eigenvalue weighted by Gasteiger charge is -2.23. The minimum Gasteiger partial charge on any atom is -0.365 e. The van der Waals surface area contributed by atoms with Crippen LogP contribution < -0.4 is 10.6 Å². The average Bonchev–Trinajstić information content (AvgIpc) is 3.50. The first-order valence-corrected chi connectivity index (χ1v) is 11.0. The summed E-state index contributed by atoms with van der Waals surface area (Å²) < 4.78 is 2.27. The van der Waals surface area contributed by atoms with E-state index in [1.54, 1.807) is 0 Å². The second kappa shape index (κ2) is 7.23. The Hall–Kier alpha value is -3.22. The zero-order valence-electron chi connectivity index (χ0n) is 16.9. The first-order chi connectivity index (χ1) is 14.8. The van der Waals surface area contributed by atoms with Gasteiger partial charge in [0.2, 0.25) is 5.95 Å². The summed E-state index contributed by atoms with van der Waals surface area (Å²) >= 11 is 0. The highest BCUT2D eigenvalue weighted by molar-refractivity contribution is 5.86. The number of imidazole rings is 1. The molecular weight excluding hydrogens is 374 g/mol. The van der Waals surface area contributed by atoms with Gasteiger partial charge in [-0.3, -0.25) is 4.98 Å². The van der Waals surface area contributed by atoms with Crippen molar-refractivity contribution in [1.82, 2.24) is 24.5 Å². The highest BCUT2D eigenvalue weighted by Gasteiger charge is 2.25. The van der Waals surface area contributed by atoms with Crippen LogP contribution >= 0.6 is 0 Å². The average molecular weight is 400 g/mol. The third-order valence-corrected chi connectivity index (χ3v) is 6.17. The smallest absolute Gasteiger partial charge is 0.231 e. The lowest BCUT2D eigenvalue weighted by Crippen LogP contribution is -2.13. The first-order valence-electron chi connectivity index (χ1n) is 11.0. The molecule has 0 bridgehead atoms. The van der Waals surface area contributed by atoms with E-state index in [1.165, 1.54) is 44.9 Å². The van der Waals surface area contributed by atoms with Crippen LogP contribution in [0.1, 0.15) is 51.0 Å². The summed E-state index contributed by atoms with van der Waals surface area (Å²) in [5, 5.41) is 8.06. The number of aromatic nitrogens is 5.